The Bertz CT molecular complexity index is 584. The third kappa shape index (κ3) is 3.51. The van der Waals surface area contributed by atoms with Crippen LogP contribution in [-0.2, 0) is 6.42 Å². The first kappa shape index (κ1) is 15.3. The monoisotopic (exact) mass is 308 g/mol. The summed E-state index contributed by atoms with van der Waals surface area (Å²) in [6.07, 6.45) is 2.64. The Labute approximate surface area is 130 Å². The van der Waals surface area contributed by atoms with E-state index < -0.39 is 0 Å². The van der Waals surface area contributed by atoms with Gasteiger partial charge in [0, 0.05) is 6.20 Å². The highest BCUT2D eigenvalue weighted by molar-refractivity contribution is 6.34. The molecule has 1 atom stereocenters. The molecule has 0 aliphatic rings. The van der Waals surface area contributed by atoms with Gasteiger partial charge < -0.3 is 5.32 Å². The summed E-state index contributed by atoms with van der Waals surface area (Å²) in [6.45, 7) is 5.05. The predicted octanol–water partition coefficient (Wildman–Crippen LogP) is 4.65. The van der Waals surface area contributed by atoms with Crippen LogP contribution in [0.1, 0.15) is 36.7 Å². The Balaban J connectivity index is 2.44. The number of nitrogens with zero attached hydrogens (tertiary/aromatic N) is 1. The van der Waals surface area contributed by atoms with Crippen LogP contribution < -0.4 is 5.32 Å². The molecule has 0 spiro atoms. The number of aromatic nitrogens is 1. The number of hydrogen-bond acceptors (Lipinski definition) is 2. The summed E-state index contributed by atoms with van der Waals surface area (Å²) < 4.78 is 0. The van der Waals surface area contributed by atoms with Gasteiger partial charge in [0.2, 0.25) is 0 Å². The average molecular weight is 309 g/mol. The fraction of sp³-hybridized carbons (Fsp3) is 0.312. The Hall–Kier alpha value is -1.09. The molecular formula is C16H18Cl2N2. The fourth-order valence-corrected chi connectivity index (χ4v) is 2.70. The summed E-state index contributed by atoms with van der Waals surface area (Å²) >= 11 is 12.2. The standard InChI is InChI=1S/C16H18Cl2N2/c1-3-11-6-5-7-12(8-11)15(19-4-2)16-14(18)9-13(17)10-20-16/h5-10,15,19H,3-4H2,1-2H3. The van der Waals surface area contributed by atoms with Gasteiger partial charge in [-0.3, -0.25) is 4.98 Å². The minimum atomic E-state index is -0.0173. The molecule has 106 valence electrons. The Morgan fingerprint density at radius 3 is 2.65 bits per heavy atom. The molecule has 4 heteroatoms. The lowest BCUT2D eigenvalue weighted by Gasteiger charge is -2.19. The average Bonchev–Trinajstić information content (AvgIpc) is 2.45. The fourth-order valence-electron chi connectivity index (χ4n) is 2.21. The molecule has 1 aromatic carbocycles. The van der Waals surface area contributed by atoms with Gasteiger partial charge in [-0.05, 0) is 30.2 Å². The van der Waals surface area contributed by atoms with Gasteiger partial charge in [0.05, 0.1) is 21.8 Å². The van der Waals surface area contributed by atoms with Crippen LogP contribution in [-0.4, -0.2) is 11.5 Å². The number of aryl methyl sites for hydroxylation is 1. The normalized spacial score (nSPS) is 12.4. The number of benzene rings is 1. The van der Waals surface area contributed by atoms with Gasteiger partial charge >= 0.3 is 0 Å². The van der Waals surface area contributed by atoms with Gasteiger partial charge in [-0.15, -0.1) is 0 Å². The third-order valence-corrected chi connectivity index (χ3v) is 3.72. The molecule has 0 bridgehead atoms. The Morgan fingerprint density at radius 1 is 1.20 bits per heavy atom. The SMILES string of the molecule is CCNC(c1cccc(CC)c1)c1ncc(Cl)cc1Cl. The first-order valence-corrected chi connectivity index (χ1v) is 7.54. The molecule has 1 aromatic heterocycles. The molecule has 0 radical (unpaired) electrons. The van der Waals surface area contributed by atoms with Crippen molar-refractivity contribution in [2.24, 2.45) is 0 Å². The smallest absolute Gasteiger partial charge is 0.0805 e. The van der Waals surface area contributed by atoms with Crippen molar-refractivity contribution in [3.63, 3.8) is 0 Å². The molecule has 2 nitrogen and oxygen atoms in total. The molecular weight excluding hydrogens is 291 g/mol. The minimum Gasteiger partial charge on any atom is -0.305 e. The number of halogens is 2. The van der Waals surface area contributed by atoms with E-state index in [1.54, 1.807) is 12.3 Å². The first-order valence-electron chi connectivity index (χ1n) is 6.78. The van der Waals surface area contributed by atoms with E-state index in [1.807, 2.05) is 0 Å². The third-order valence-electron chi connectivity index (χ3n) is 3.21. The molecule has 0 fully saturated rings. The highest BCUT2D eigenvalue weighted by Crippen LogP contribution is 2.28. The highest BCUT2D eigenvalue weighted by Gasteiger charge is 2.18. The van der Waals surface area contributed by atoms with E-state index in [1.165, 1.54) is 11.1 Å². The zero-order valence-electron chi connectivity index (χ0n) is 11.7. The quantitative estimate of drug-likeness (QED) is 0.869. The molecule has 1 heterocycles. The topological polar surface area (TPSA) is 24.9 Å². The Kier molecular flexibility index (Phi) is 5.41. The molecule has 1 N–H and O–H groups in total. The van der Waals surface area contributed by atoms with Crippen molar-refractivity contribution in [2.45, 2.75) is 26.3 Å². The molecule has 1 unspecified atom stereocenters. The molecule has 0 amide bonds. The molecule has 2 rings (SSSR count). The maximum Gasteiger partial charge on any atom is 0.0805 e. The first-order chi connectivity index (χ1) is 9.65. The van der Waals surface area contributed by atoms with Crippen molar-refractivity contribution in [3.05, 3.63) is 63.4 Å². The van der Waals surface area contributed by atoms with Crippen molar-refractivity contribution in [1.82, 2.24) is 10.3 Å². The van der Waals surface area contributed by atoms with Crippen LogP contribution in [0.4, 0.5) is 0 Å². The van der Waals surface area contributed by atoms with Gasteiger partial charge in [0.1, 0.15) is 0 Å². The summed E-state index contributed by atoms with van der Waals surface area (Å²) in [5.74, 6) is 0. The van der Waals surface area contributed by atoms with Gasteiger partial charge in [0.25, 0.3) is 0 Å². The Morgan fingerprint density at radius 2 is 2.00 bits per heavy atom. The van der Waals surface area contributed by atoms with E-state index in [0.717, 1.165) is 18.7 Å². The molecule has 0 aliphatic heterocycles. The molecule has 0 aliphatic carbocycles. The second-order valence-electron chi connectivity index (χ2n) is 4.61. The molecule has 0 saturated carbocycles. The largest absolute Gasteiger partial charge is 0.305 e. The van der Waals surface area contributed by atoms with Crippen molar-refractivity contribution >= 4 is 23.2 Å². The van der Waals surface area contributed by atoms with Gasteiger partial charge in [0.15, 0.2) is 0 Å². The number of hydrogen-bond donors (Lipinski definition) is 1. The van der Waals surface area contributed by atoms with Crippen LogP contribution in [0.2, 0.25) is 10.0 Å². The van der Waals surface area contributed by atoms with E-state index in [9.17, 15) is 0 Å². The van der Waals surface area contributed by atoms with Crippen LogP contribution in [0.25, 0.3) is 0 Å². The summed E-state index contributed by atoms with van der Waals surface area (Å²) in [6, 6.07) is 10.2. The summed E-state index contributed by atoms with van der Waals surface area (Å²) in [5, 5.41) is 4.58. The predicted molar refractivity (Wildman–Crippen MR) is 85.6 cm³/mol. The number of nitrogens with one attached hydrogen (secondary N) is 1. The van der Waals surface area contributed by atoms with Crippen molar-refractivity contribution in [3.8, 4) is 0 Å². The molecule has 2 aromatic rings. The minimum absolute atomic E-state index is 0.0173. The second-order valence-corrected chi connectivity index (χ2v) is 5.45. The van der Waals surface area contributed by atoms with Crippen LogP contribution in [0, 0.1) is 0 Å². The summed E-state index contributed by atoms with van der Waals surface area (Å²) in [4.78, 5) is 4.40. The zero-order valence-corrected chi connectivity index (χ0v) is 13.2. The number of pyridine rings is 1. The number of rotatable bonds is 5. The van der Waals surface area contributed by atoms with Crippen molar-refractivity contribution in [1.29, 1.82) is 0 Å². The van der Waals surface area contributed by atoms with Gasteiger partial charge in [-0.2, -0.15) is 0 Å². The van der Waals surface area contributed by atoms with E-state index in [4.69, 9.17) is 23.2 Å². The van der Waals surface area contributed by atoms with E-state index >= 15 is 0 Å². The maximum absolute atomic E-state index is 6.30. The van der Waals surface area contributed by atoms with Crippen LogP contribution in [0.5, 0.6) is 0 Å². The lowest BCUT2D eigenvalue weighted by molar-refractivity contribution is 0.615. The van der Waals surface area contributed by atoms with E-state index in [0.29, 0.717) is 10.0 Å². The van der Waals surface area contributed by atoms with Gasteiger partial charge in [-0.25, -0.2) is 0 Å². The van der Waals surface area contributed by atoms with Gasteiger partial charge in [-0.1, -0.05) is 61.3 Å². The summed E-state index contributed by atoms with van der Waals surface area (Å²) in [5.41, 5.74) is 3.28. The zero-order chi connectivity index (χ0) is 14.5. The highest BCUT2D eigenvalue weighted by atomic mass is 35.5. The van der Waals surface area contributed by atoms with Crippen LogP contribution >= 0.6 is 23.2 Å². The summed E-state index contributed by atoms with van der Waals surface area (Å²) in [7, 11) is 0. The van der Waals surface area contributed by atoms with Crippen LogP contribution in [0.15, 0.2) is 36.5 Å². The van der Waals surface area contributed by atoms with Crippen molar-refractivity contribution < 1.29 is 0 Å². The van der Waals surface area contributed by atoms with E-state index in [-0.39, 0.29) is 6.04 Å². The second kappa shape index (κ2) is 7.07. The van der Waals surface area contributed by atoms with Crippen molar-refractivity contribution in [2.75, 3.05) is 6.54 Å². The lowest BCUT2D eigenvalue weighted by Crippen LogP contribution is -2.23. The maximum atomic E-state index is 6.30. The molecule has 20 heavy (non-hydrogen) atoms. The van der Waals surface area contributed by atoms with Crippen LogP contribution in [0.3, 0.4) is 0 Å². The van der Waals surface area contributed by atoms with E-state index in [2.05, 4.69) is 48.4 Å². The molecule has 0 saturated heterocycles. The lowest BCUT2D eigenvalue weighted by atomic mass is 10.00.